The van der Waals surface area contributed by atoms with E-state index in [1.165, 1.54) is 7.11 Å². The molecule has 0 atom stereocenters. The summed E-state index contributed by atoms with van der Waals surface area (Å²) in [6.07, 6.45) is 3.75. The summed E-state index contributed by atoms with van der Waals surface area (Å²) in [5.41, 5.74) is 3.23. The van der Waals surface area contributed by atoms with Crippen LogP contribution in [0.25, 0.3) is 12.2 Å². The van der Waals surface area contributed by atoms with Gasteiger partial charge in [0, 0.05) is 0 Å². The summed E-state index contributed by atoms with van der Waals surface area (Å²) < 4.78 is 53.2. The minimum absolute atomic E-state index is 0.0377. The third-order valence-corrected chi connectivity index (χ3v) is 7.33. The Morgan fingerprint density at radius 2 is 1.05 bits per heavy atom. The van der Waals surface area contributed by atoms with E-state index in [1.54, 1.807) is 33.5 Å². The molecule has 0 saturated carbocycles. The Morgan fingerprint density at radius 3 is 1.54 bits per heavy atom. The molecule has 41 heavy (non-hydrogen) atoms. The standard InChI is InChI=1S/C32H33O8P/c1-34-28-18-17-24(15-16-27-20-30(35-2)32(37-4)31(21-27)36-3)19-29(28)40-41(33,38-22-25-11-7-5-8-12-25)39-23-26-13-9-6-10-14-26/h5-21H,22-23H2,1-4H3/b16-15-. The molecule has 0 heterocycles. The van der Waals surface area contributed by atoms with Gasteiger partial charge >= 0.3 is 7.82 Å². The average molecular weight is 577 g/mol. The van der Waals surface area contributed by atoms with Crippen LogP contribution >= 0.6 is 7.82 Å². The van der Waals surface area contributed by atoms with Gasteiger partial charge in [-0.2, -0.15) is 0 Å². The molecule has 0 saturated heterocycles. The lowest BCUT2D eigenvalue weighted by molar-refractivity contribution is 0.142. The molecular weight excluding hydrogens is 543 g/mol. The van der Waals surface area contributed by atoms with Crippen molar-refractivity contribution in [1.29, 1.82) is 0 Å². The van der Waals surface area contributed by atoms with Crippen LogP contribution in [0.2, 0.25) is 0 Å². The van der Waals surface area contributed by atoms with E-state index in [0.29, 0.717) is 23.0 Å². The topological polar surface area (TPSA) is 81.7 Å². The van der Waals surface area contributed by atoms with Crippen molar-refractivity contribution in [1.82, 2.24) is 0 Å². The van der Waals surface area contributed by atoms with Crippen molar-refractivity contribution in [2.24, 2.45) is 0 Å². The summed E-state index contributed by atoms with van der Waals surface area (Å²) in [4.78, 5) is 0. The largest absolute Gasteiger partial charge is 0.530 e. The first-order valence-electron chi connectivity index (χ1n) is 12.8. The fraction of sp³-hybridized carbons (Fsp3) is 0.188. The number of phosphoric ester groups is 1. The van der Waals surface area contributed by atoms with Gasteiger partial charge in [-0.05, 0) is 46.5 Å². The number of benzene rings is 4. The number of phosphoric acid groups is 1. The van der Waals surface area contributed by atoms with Gasteiger partial charge < -0.3 is 23.5 Å². The van der Waals surface area contributed by atoms with Crippen LogP contribution in [0, 0.1) is 0 Å². The van der Waals surface area contributed by atoms with Crippen molar-refractivity contribution in [2.75, 3.05) is 28.4 Å². The predicted octanol–water partition coefficient (Wildman–Crippen LogP) is 7.81. The zero-order chi connectivity index (χ0) is 29.1. The quantitative estimate of drug-likeness (QED) is 0.111. The highest BCUT2D eigenvalue weighted by atomic mass is 31.2. The number of rotatable bonds is 14. The van der Waals surface area contributed by atoms with Gasteiger partial charge in [0.1, 0.15) is 0 Å². The summed E-state index contributed by atoms with van der Waals surface area (Å²) in [6.45, 7) is 0.0753. The van der Waals surface area contributed by atoms with Crippen LogP contribution in [0.5, 0.6) is 28.7 Å². The van der Waals surface area contributed by atoms with Crippen LogP contribution < -0.4 is 23.5 Å². The summed E-state index contributed by atoms with van der Waals surface area (Å²) in [6, 6.07) is 27.7. The fourth-order valence-electron chi connectivity index (χ4n) is 3.92. The first kappa shape index (κ1) is 29.7. The Kier molecular flexibility index (Phi) is 10.5. The third kappa shape index (κ3) is 8.14. The van der Waals surface area contributed by atoms with Gasteiger partial charge in [-0.3, -0.25) is 9.05 Å². The summed E-state index contributed by atoms with van der Waals surface area (Å²) in [7, 11) is 2.10. The number of hydrogen-bond acceptors (Lipinski definition) is 8. The SMILES string of the molecule is COc1ccc(/C=C\c2cc(OC)c(OC)c(OC)c2)cc1OP(=O)(OCc1ccccc1)OCc1ccccc1. The number of methoxy groups -OCH3 is 4. The van der Waals surface area contributed by atoms with Crippen molar-refractivity contribution in [3.05, 3.63) is 113 Å². The predicted molar refractivity (Wildman–Crippen MR) is 159 cm³/mol. The Hall–Kier alpha value is -4.23. The molecule has 0 aliphatic carbocycles. The number of hydrogen-bond donors (Lipinski definition) is 0. The molecule has 0 bridgehead atoms. The maximum Gasteiger partial charge on any atom is 0.530 e. The lowest BCUT2D eigenvalue weighted by Crippen LogP contribution is -2.04. The maximum atomic E-state index is 13.9. The molecule has 0 aliphatic rings. The van der Waals surface area contributed by atoms with E-state index in [2.05, 4.69) is 0 Å². The van der Waals surface area contributed by atoms with Gasteiger partial charge in [0.25, 0.3) is 0 Å². The molecule has 214 valence electrons. The molecule has 0 amide bonds. The van der Waals surface area contributed by atoms with Gasteiger partial charge in [-0.15, -0.1) is 0 Å². The molecule has 4 rings (SSSR count). The van der Waals surface area contributed by atoms with Gasteiger partial charge in [0.05, 0.1) is 41.7 Å². The molecule has 0 aliphatic heterocycles. The van der Waals surface area contributed by atoms with E-state index in [9.17, 15) is 4.57 Å². The molecule has 0 aromatic heterocycles. The molecule has 0 unspecified atom stereocenters. The van der Waals surface area contributed by atoms with Crippen LogP contribution in [-0.4, -0.2) is 28.4 Å². The van der Waals surface area contributed by atoms with Gasteiger partial charge in [-0.1, -0.05) is 78.9 Å². The molecule has 0 N–H and O–H groups in total. The van der Waals surface area contributed by atoms with Crippen molar-refractivity contribution in [2.45, 2.75) is 13.2 Å². The summed E-state index contributed by atoms with van der Waals surface area (Å²) in [5.74, 6) is 2.18. The molecule has 9 heteroatoms. The minimum Gasteiger partial charge on any atom is -0.493 e. The van der Waals surface area contributed by atoms with E-state index >= 15 is 0 Å². The molecule has 0 spiro atoms. The van der Waals surface area contributed by atoms with Gasteiger partial charge in [0.15, 0.2) is 23.0 Å². The maximum absolute atomic E-state index is 13.9. The van der Waals surface area contributed by atoms with E-state index in [4.69, 9.17) is 32.5 Å². The van der Waals surface area contributed by atoms with E-state index < -0.39 is 7.82 Å². The second-order valence-corrected chi connectivity index (χ2v) is 10.4. The first-order chi connectivity index (χ1) is 20.0. The van der Waals surface area contributed by atoms with Crippen molar-refractivity contribution < 1.29 is 37.1 Å². The molecule has 4 aromatic rings. The van der Waals surface area contributed by atoms with Gasteiger partial charge in [0.2, 0.25) is 5.75 Å². The summed E-state index contributed by atoms with van der Waals surface area (Å²) >= 11 is 0. The van der Waals surface area contributed by atoms with Crippen LogP contribution in [0.3, 0.4) is 0 Å². The first-order valence-corrected chi connectivity index (χ1v) is 14.3. The number of ether oxygens (including phenoxy) is 4. The molecule has 4 aromatic carbocycles. The van der Waals surface area contributed by atoms with E-state index in [1.807, 2.05) is 91.0 Å². The van der Waals surface area contributed by atoms with E-state index in [0.717, 1.165) is 22.3 Å². The summed E-state index contributed by atoms with van der Waals surface area (Å²) in [5, 5.41) is 0. The van der Waals surface area contributed by atoms with Crippen LogP contribution in [-0.2, 0) is 26.8 Å². The highest BCUT2D eigenvalue weighted by molar-refractivity contribution is 7.48. The lowest BCUT2D eigenvalue weighted by Gasteiger charge is -2.20. The van der Waals surface area contributed by atoms with Crippen LogP contribution in [0.4, 0.5) is 0 Å². The van der Waals surface area contributed by atoms with Crippen LogP contribution in [0.15, 0.2) is 91.0 Å². The second-order valence-electron chi connectivity index (χ2n) is 8.76. The minimum atomic E-state index is -4.09. The molecule has 8 nitrogen and oxygen atoms in total. The zero-order valence-corrected chi connectivity index (χ0v) is 24.3. The molecule has 0 fully saturated rings. The monoisotopic (exact) mass is 576 g/mol. The second kappa shape index (κ2) is 14.4. The Labute approximate surface area is 240 Å². The normalized spacial score (nSPS) is 11.3. The van der Waals surface area contributed by atoms with Crippen LogP contribution in [0.1, 0.15) is 22.3 Å². The molecule has 0 radical (unpaired) electrons. The average Bonchev–Trinajstić information content (AvgIpc) is 3.02. The highest BCUT2D eigenvalue weighted by Gasteiger charge is 2.30. The third-order valence-electron chi connectivity index (χ3n) is 6.02. The van der Waals surface area contributed by atoms with Crippen molar-refractivity contribution in [3.63, 3.8) is 0 Å². The zero-order valence-electron chi connectivity index (χ0n) is 23.4. The van der Waals surface area contributed by atoms with Crippen molar-refractivity contribution in [3.8, 4) is 28.7 Å². The lowest BCUT2D eigenvalue weighted by atomic mass is 10.1. The van der Waals surface area contributed by atoms with Crippen molar-refractivity contribution >= 4 is 20.0 Å². The fourth-order valence-corrected chi connectivity index (χ4v) is 5.10. The molecular formula is C32H33O8P. The Morgan fingerprint density at radius 1 is 0.561 bits per heavy atom. The smallest absolute Gasteiger partial charge is 0.493 e. The highest BCUT2D eigenvalue weighted by Crippen LogP contribution is 2.53. The Balaban J connectivity index is 1.60. The van der Waals surface area contributed by atoms with Gasteiger partial charge in [-0.25, -0.2) is 4.57 Å². The Bertz CT molecular complexity index is 1420. The van der Waals surface area contributed by atoms with E-state index in [-0.39, 0.29) is 19.0 Å².